The lowest BCUT2D eigenvalue weighted by Gasteiger charge is -2.41. The van der Waals surface area contributed by atoms with Crippen molar-refractivity contribution in [3.05, 3.63) is 27.4 Å². The molecule has 0 unspecified atom stereocenters. The third-order valence-electron chi connectivity index (χ3n) is 3.83. The van der Waals surface area contributed by atoms with Crippen molar-refractivity contribution in [3.63, 3.8) is 0 Å². The van der Waals surface area contributed by atoms with Crippen molar-refractivity contribution < 1.29 is 4.92 Å². The second kappa shape index (κ2) is 5.10. The molecule has 98 valence electrons. The number of aromatic nitrogens is 1. The third-order valence-corrected chi connectivity index (χ3v) is 4.03. The topological polar surface area (TPSA) is 68.1 Å². The predicted molar refractivity (Wildman–Crippen MR) is 71.0 cm³/mol. The highest BCUT2D eigenvalue weighted by Gasteiger charge is 2.35. The summed E-state index contributed by atoms with van der Waals surface area (Å²) in [6.07, 6.45) is 6.11. The van der Waals surface area contributed by atoms with Gasteiger partial charge in [-0.3, -0.25) is 10.1 Å². The Labute approximate surface area is 111 Å². The standard InChI is InChI=1S/C12H16ClN3O2/c1-2-12(4-3-5-12)8-15-11-10(16(17)18)6-9(13)7-14-11/h6-7H,2-5,8H2,1H3,(H,14,15). The number of hydrogen-bond donors (Lipinski definition) is 1. The summed E-state index contributed by atoms with van der Waals surface area (Å²) in [5, 5.41) is 14.3. The summed E-state index contributed by atoms with van der Waals surface area (Å²) in [5.41, 5.74) is 0.225. The van der Waals surface area contributed by atoms with Crippen LogP contribution in [0.1, 0.15) is 32.6 Å². The first-order chi connectivity index (χ1) is 8.56. The molecule has 1 aliphatic carbocycles. The van der Waals surface area contributed by atoms with Crippen molar-refractivity contribution in [1.82, 2.24) is 4.98 Å². The van der Waals surface area contributed by atoms with E-state index >= 15 is 0 Å². The van der Waals surface area contributed by atoms with Gasteiger partial charge in [-0.05, 0) is 24.7 Å². The van der Waals surface area contributed by atoms with Crippen LogP contribution in [0.5, 0.6) is 0 Å². The van der Waals surface area contributed by atoms with Crippen LogP contribution in [-0.2, 0) is 0 Å². The number of nitro groups is 1. The molecule has 5 nitrogen and oxygen atoms in total. The lowest BCUT2D eigenvalue weighted by Crippen LogP contribution is -2.36. The third kappa shape index (κ3) is 2.56. The van der Waals surface area contributed by atoms with Crippen LogP contribution >= 0.6 is 11.6 Å². The van der Waals surface area contributed by atoms with E-state index in [0.29, 0.717) is 5.82 Å². The fourth-order valence-electron chi connectivity index (χ4n) is 2.31. The Morgan fingerprint density at radius 1 is 1.61 bits per heavy atom. The number of anilines is 1. The summed E-state index contributed by atoms with van der Waals surface area (Å²) >= 11 is 5.72. The van der Waals surface area contributed by atoms with E-state index in [0.717, 1.165) is 13.0 Å². The molecule has 0 spiro atoms. The first-order valence-corrected chi connectivity index (χ1v) is 6.48. The lowest BCUT2D eigenvalue weighted by atomic mass is 9.67. The van der Waals surface area contributed by atoms with E-state index in [2.05, 4.69) is 17.2 Å². The Balaban J connectivity index is 2.11. The molecule has 1 heterocycles. The van der Waals surface area contributed by atoms with Gasteiger partial charge in [-0.2, -0.15) is 0 Å². The van der Waals surface area contributed by atoms with E-state index in [1.165, 1.54) is 31.5 Å². The molecule has 0 aromatic carbocycles. The van der Waals surface area contributed by atoms with Crippen LogP contribution in [0.4, 0.5) is 11.5 Å². The molecule has 2 rings (SSSR count). The van der Waals surface area contributed by atoms with Crippen molar-refractivity contribution in [2.75, 3.05) is 11.9 Å². The van der Waals surface area contributed by atoms with E-state index in [1.54, 1.807) is 0 Å². The Kier molecular flexibility index (Phi) is 3.71. The number of nitrogens with one attached hydrogen (secondary N) is 1. The fraction of sp³-hybridized carbons (Fsp3) is 0.583. The van der Waals surface area contributed by atoms with Gasteiger partial charge in [0.15, 0.2) is 0 Å². The van der Waals surface area contributed by atoms with E-state index in [-0.39, 0.29) is 16.1 Å². The summed E-state index contributed by atoms with van der Waals surface area (Å²) in [5.74, 6) is 0.309. The minimum Gasteiger partial charge on any atom is -0.364 e. The highest BCUT2D eigenvalue weighted by molar-refractivity contribution is 6.30. The van der Waals surface area contributed by atoms with Gasteiger partial charge in [0.1, 0.15) is 0 Å². The molecule has 18 heavy (non-hydrogen) atoms. The Hall–Kier alpha value is -1.36. The summed E-state index contributed by atoms with van der Waals surface area (Å²) in [6, 6.07) is 1.33. The molecule has 1 N–H and O–H groups in total. The van der Waals surface area contributed by atoms with Gasteiger partial charge in [-0.1, -0.05) is 24.9 Å². The van der Waals surface area contributed by atoms with Crippen molar-refractivity contribution >= 4 is 23.1 Å². The molecule has 6 heteroatoms. The van der Waals surface area contributed by atoms with E-state index in [9.17, 15) is 10.1 Å². The molecule has 1 aromatic rings. The maximum absolute atomic E-state index is 10.9. The predicted octanol–water partition coefficient (Wildman–Crippen LogP) is 3.64. The fourth-order valence-corrected chi connectivity index (χ4v) is 2.46. The Bertz CT molecular complexity index is 455. The minimum atomic E-state index is -0.458. The van der Waals surface area contributed by atoms with Gasteiger partial charge in [0.05, 0.1) is 9.95 Å². The normalized spacial score (nSPS) is 17.0. The minimum absolute atomic E-state index is 0.0620. The molecular weight excluding hydrogens is 254 g/mol. The van der Waals surface area contributed by atoms with Crippen molar-refractivity contribution in [1.29, 1.82) is 0 Å². The number of nitrogens with zero attached hydrogens (tertiary/aromatic N) is 2. The van der Waals surface area contributed by atoms with Gasteiger partial charge in [0.2, 0.25) is 5.82 Å². The van der Waals surface area contributed by atoms with E-state index in [1.807, 2.05) is 0 Å². The van der Waals surface area contributed by atoms with Gasteiger partial charge in [0.25, 0.3) is 0 Å². The van der Waals surface area contributed by atoms with Crippen molar-refractivity contribution in [2.24, 2.45) is 5.41 Å². The maximum Gasteiger partial charge on any atom is 0.312 e. The molecule has 0 atom stereocenters. The molecule has 1 aliphatic rings. The number of hydrogen-bond acceptors (Lipinski definition) is 4. The SMILES string of the molecule is CCC1(CNc2ncc(Cl)cc2[N+](=O)[O-])CCC1. The van der Waals surface area contributed by atoms with Crippen LogP contribution < -0.4 is 5.32 Å². The van der Waals surface area contributed by atoms with Crippen LogP contribution in [0.25, 0.3) is 0 Å². The lowest BCUT2D eigenvalue weighted by molar-refractivity contribution is -0.384. The maximum atomic E-state index is 10.9. The summed E-state index contributed by atoms with van der Waals surface area (Å²) < 4.78 is 0. The van der Waals surface area contributed by atoms with Crippen LogP contribution in [0.15, 0.2) is 12.3 Å². The van der Waals surface area contributed by atoms with Gasteiger partial charge in [-0.15, -0.1) is 0 Å². The molecule has 1 aromatic heterocycles. The highest BCUT2D eigenvalue weighted by Crippen LogP contribution is 2.44. The van der Waals surface area contributed by atoms with Crippen LogP contribution in [0.3, 0.4) is 0 Å². The monoisotopic (exact) mass is 269 g/mol. The zero-order valence-electron chi connectivity index (χ0n) is 10.3. The zero-order chi connectivity index (χ0) is 13.2. The average Bonchev–Trinajstić information content (AvgIpc) is 2.29. The van der Waals surface area contributed by atoms with Gasteiger partial charge in [-0.25, -0.2) is 4.98 Å². The van der Waals surface area contributed by atoms with Gasteiger partial charge in [0, 0.05) is 18.8 Å². The molecule has 0 amide bonds. The zero-order valence-corrected chi connectivity index (χ0v) is 11.0. The molecule has 1 saturated carbocycles. The number of halogens is 1. The summed E-state index contributed by atoms with van der Waals surface area (Å²) in [4.78, 5) is 14.5. The summed E-state index contributed by atoms with van der Waals surface area (Å²) in [6.45, 7) is 2.89. The largest absolute Gasteiger partial charge is 0.364 e. The molecule has 1 fully saturated rings. The Morgan fingerprint density at radius 2 is 2.33 bits per heavy atom. The van der Waals surface area contributed by atoms with Crippen molar-refractivity contribution in [2.45, 2.75) is 32.6 Å². The first kappa shape index (κ1) is 13.1. The van der Waals surface area contributed by atoms with Crippen LogP contribution in [0, 0.1) is 15.5 Å². The highest BCUT2D eigenvalue weighted by atomic mass is 35.5. The second-order valence-corrected chi connectivity index (χ2v) is 5.28. The first-order valence-electron chi connectivity index (χ1n) is 6.10. The molecule has 0 saturated heterocycles. The number of rotatable bonds is 5. The van der Waals surface area contributed by atoms with Gasteiger partial charge < -0.3 is 5.32 Å². The molecule has 0 aliphatic heterocycles. The quantitative estimate of drug-likeness (QED) is 0.655. The van der Waals surface area contributed by atoms with E-state index in [4.69, 9.17) is 11.6 Å². The number of pyridine rings is 1. The second-order valence-electron chi connectivity index (χ2n) is 4.84. The molecule has 0 radical (unpaired) electrons. The van der Waals surface area contributed by atoms with Gasteiger partial charge >= 0.3 is 5.69 Å². The van der Waals surface area contributed by atoms with Crippen molar-refractivity contribution in [3.8, 4) is 0 Å². The van der Waals surface area contributed by atoms with E-state index < -0.39 is 4.92 Å². The summed E-state index contributed by atoms with van der Waals surface area (Å²) in [7, 11) is 0. The average molecular weight is 270 g/mol. The molecule has 0 bridgehead atoms. The van der Waals surface area contributed by atoms with Crippen LogP contribution in [0.2, 0.25) is 5.02 Å². The Morgan fingerprint density at radius 3 is 2.83 bits per heavy atom. The smallest absolute Gasteiger partial charge is 0.312 e. The van der Waals surface area contributed by atoms with Crippen LogP contribution in [-0.4, -0.2) is 16.5 Å². The molecular formula is C12H16ClN3O2.